The van der Waals surface area contributed by atoms with Crippen molar-refractivity contribution in [2.24, 2.45) is 5.92 Å². The van der Waals surface area contributed by atoms with Gasteiger partial charge in [-0.2, -0.15) is 0 Å². The fourth-order valence-corrected chi connectivity index (χ4v) is 3.16. The molecular formula is C16H29N3O4. The maximum absolute atomic E-state index is 12.3. The van der Waals surface area contributed by atoms with Crippen LogP contribution in [0.2, 0.25) is 0 Å². The lowest BCUT2D eigenvalue weighted by Gasteiger charge is -2.43. The average molecular weight is 327 g/mol. The molecule has 0 spiro atoms. The van der Waals surface area contributed by atoms with E-state index in [1.54, 1.807) is 11.8 Å². The van der Waals surface area contributed by atoms with E-state index >= 15 is 0 Å². The van der Waals surface area contributed by atoms with Crippen molar-refractivity contribution in [2.45, 2.75) is 64.3 Å². The SMILES string of the molecule is CC(C)CC(NC=O)C(C)(O)N1CCCC1C(=O)NCCC=O. The van der Waals surface area contributed by atoms with E-state index in [0.717, 1.165) is 12.7 Å². The Morgan fingerprint density at radius 3 is 2.70 bits per heavy atom. The molecule has 2 amide bonds. The molecule has 1 rings (SSSR count). The summed E-state index contributed by atoms with van der Waals surface area (Å²) in [7, 11) is 0. The van der Waals surface area contributed by atoms with E-state index in [1.165, 1.54) is 0 Å². The van der Waals surface area contributed by atoms with E-state index in [-0.39, 0.29) is 12.3 Å². The number of rotatable bonds is 10. The normalized spacial score (nSPS) is 22.4. The molecule has 7 nitrogen and oxygen atoms in total. The molecule has 1 heterocycles. The third kappa shape index (κ3) is 5.28. The van der Waals surface area contributed by atoms with E-state index in [1.807, 2.05) is 13.8 Å². The average Bonchev–Trinajstić information content (AvgIpc) is 2.96. The second-order valence-electron chi connectivity index (χ2n) is 6.66. The summed E-state index contributed by atoms with van der Waals surface area (Å²) in [6.07, 6.45) is 3.70. The first-order chi connectivity index (χ1) is 10.8. The van der Waals surface area contributed by atoms with Crippen molar-refractivity contribution in [1.82, 2.24) is 15.5 Å². The Kier molecular flexibility index (Phi) is 7.64. The van der Waals surface area contributed by atoms with Crippen LogP contribution < -0.4 is 10.6 Å². The van der Waals surface area contributed by atoms with Crippen molar-refractivity contribution in [3.8, 4) is 0 Å². The van der Waals surface area contributed by atoms with Gasteiger partial charge in [-0.1, -0.05) is 13.8 Å². The fourth-order valence-electron chi connectivity index (χ4n) is 3.16. The van der Waals surface area contributed by atoms with Gasteiger partial charge in [-0.05, 0) is 32.1 Å². The fraction of sp³-hybridized carbons (Fsp3) is 0.812. The Labute approximate surface area is 137 Å². The minimum atomic E-state index is -1.31. The van der Waals surface area contributed by atoms with Gasteiger partial charge in [0.1, 0.15) is 12.0 Å². The number of nitrogens with zero attached hydrogens (tertiary/aromatic N) is 1. The second kappa shape index (κ2) is 8.98. The van der Waals surface area contributed by atoms with Gasteiger partial charge >= 0.3 is 0 Å². The molecule has 1 aliphatic heterocycles. The first kappa shape index (κ1) is 19.6. The molecule has 0 aliphatic carbocycles. The van der Waals surface area contributed by atoms with Gasteiger partial charge in [-0.25, -0.2) is 0 Å². The van der Waals surface area contributed by atoms with Crippen LogP contribution >= 0.6 is 0 Å². The molecule has 132 valence electrons. The predicted octanol–water partition coefficient (Wildman–Crippen LogP) is 0.0252. The third-order valence-electron chi connectivity index (χ3n) is 4.33. The van der Waals surface area contributed by atoms with Crippen LogP contribution in [-0.4, -0.2) is 59.5 Å². The van der Waals surface area contributed by atoms with Gasteiger partial charge in [-0.3, -0.25) is 14.5 Å². The number of carbonyl (C=O) groups is 3. The monoisotopic (exact) mass is 327 g/mol. The molecule has 1 saturated heterocycles. The molecule has 23 heavy (non-hydrogen) atoms. The number of aldehydes is 1. The molecule has 1 fully saturated rings. The van der Waals surface area contributed by atoms with Crippen LogP contribution in [0, 0.1) is 5.92 Å². The lowest BCUT2D eigenvalue weighted by molar-refractivity contribution is -0.151. The van der Waals surface area contributed by atoms with Crippen molar-refractivity contribution in [2.75, 3.05) is 13.1 Å². The van der Waals surface area contributed by atoms with Crippen LogP contribution in [0.25, 0.3) is 0 Å². The largest absolute Gasteiger partial charge is 0.374 e. The number of aliphatic hydroxyl groups is 1. The third-order valence-corrected chi connectivity index (χ3v) is 4.33. The summed E-state index contributed by atoms with van der Waals surface area (Å²) in [5.74, 6) is 0.112. The van der Waals surface area contributed by atoms with Gasteiger partial charge < -0.3 is 20.5 Å². The van der Waals surface area contributed by atoms with Gasteiger partial charge in [0.2, 0.25) is 12.3 Å². The number of hydrogen-bond acceptors (Lipinski definition) is 5. The summed E-state index contributed by atoms with van der Waals surface area (Å²) >= 11 is 0. The summed E-state index contributed by atoms with van der Waals surface area (Å²) in [5, 5.41) is 16.4. The second-order valence-corrected chi connectivity index (χ2v) is 6.66. The maximum atomic E-state index is 12.3. The van der Waals surface area contributed by atoms with E-state index < -0.39 is 17.8 Å². The zero-order valence-corrected chi connectivity index (χ0v) is 14.2. The standard InChI is InChI=1S/C16H29N3O4/c1-12(2)10-14(18-11-21)16(3,23)19-8-4-6-13(19)15(22)17-7-5-9-20/h9,11-14,23H,4-8,10H2,1-3H3,(H,17,22)(H,18,21). The summed E-state index contributed by atoms with van der Waals surface area (Å²) in [5.41, 5.74) is -1.31. The smallest absolute Gasteiger partial charge is 0.237 e. The maximum Gasteiger partial charge on any atom is 0.237 e. The Morgan fingerprint density at radius 1 is 1.43 bits per heavy atom. The summed E-state index contributed by atoms with van der Waals surface area (Å²) in [6, 6.07) is -0.900. The van der Waals surface area contributed by atoms with E-state index in [4.69, 9.17) is 0 Å². The van der Waals surface area contributed by atoms with Gasteiger partial charge in [0.25, 0.3) is 0 Å². The van der Waals surface area contributed by atoms with Crippen molar-refractivity contribution in [1.29, 1.82) is 0 Å². The Morgan fingerprint density at radius 2 is 2.13 bits per heavy atom. The van der Waals surface area contributed by atoms with Crippen molar-refractivity contribution >= 4 is 18.6 Å². The van der Waals surface area contributed by atoms with Crippen LogP contribution in [0.15, 0.2) is 0 Å². The quantitative estimate of drug-likeness (QED) is 0.388. The zero-order valence-electron chi connectivity index (χ0n) is 14.2. The molecule has 1 aliphatic rings. The highest BCUT2D eigenvalue weighted by Crippen LogP contribution is 2.30. The molecule has 3 N–H and O–H groups in total. The molecule has 0 aromatic carbocycles. The Balaban J connectivity index is 2.83. The number of hydrogen-bond donors (Lipinski definition) is 3. The van der Waals surface area contributed by atoms with E-state index in [9.17, 15) is 19.5 Å². The molecular weight excluding hydrogens is 298 g/mol. The molecule has 7 heteroatoms. The predicted molar refractivity (Wildman–Crippen MR) is 86.5 cm³/mol. The number of amides is 2. The first-order valence-electron chi connectivity index (χ1n) is 8.24. The molecule has 0 saturated carbocycles. The lowest BCUT2D eigenvalue weighted by atomic mass is 9.93. The van der Waals surface area contributed by atoms with Gasteiger partial charge in [0.05, 0.1) is 12.1 Å². The highest BCUT2D eigenvalue weighted by Gasteiger charge is 2.45. The van der Waals surface area contributed by atoms with E-state index in [2.05, 4.69) is 10.6 Å². The highest BCUT2D eigenvalue weighted by atomic mass is 16.3. The van der Waals surface area contributed by atoms with Gasteiger partial charge in [0, 0.05) is 19.5 Å². The minimum Gasteiger partial charge on any atom is -0.374 e. The van der Waals surface area contributed by atoms with Gasteiger partial charge in [-0.15, -0.1) is 0 Å². The minimum absolute atomic E-state index is 0.181. The molecule has 3 atom stereocenters. The molecule has 0 bridgehead atoms. The zero-order chi connectivity index (χ0) is 17.5. The Hall–Kier alpha value is -1.47. The topological polar surface area (TPSA) is 98.7 Å². The van der Waals surface area contributed by atoms with Crippen LogP contribution in [0.3, 0.4) is 0 Å². The van der Waals surface area contributed by atoms with Crippen LogP contribution in [0.4, 0.5) is 0 Å². The van der Waals surface area contributed by atoms with Crippen molar-refractivity contribution in [3.63, 3.8) is 0 Å². The molecule has 0 aromatic heterocycles. The summed E-state index contributed by atoms with van der Waals surface area (Å²) in [4.78, 5) is 35.3. The molecule has 0 aromatic rings. The van der Waals surface area contributed by atoms with Crippen molar-refractivity contribution < 1.29 is 19.5 Å². The van der Waals surface area contributed by atoms with Crippen LogP contribution in [0.1, 0.15) is 46.5 Å². The Bertz CT molecular complexity index is 412. The van der Waals surface area contributed by atoms with E-state index in [0.29, 0.717) is 38.3 Å². The number of likely N-dealkylation sites (tertiary alicyclic amines) is 1. The van der Waals surface area contributed by atoms with Gasteiger partial charge in [0.15, 0.2) is 0 Å². The highest BCUT2D eigenvalue weighted by molar-refractivity contribution is 5.82. The summed E-state index contributed by atoms with van der Waals surface area (Å²) < 4.78 is 0. The summed E-state index contributed by atoms with van der Waals surface area (Å²) in [6.45, 7) is 6.57. The van der Waals surface area contributed by atoms with Crippen LogP contribution in [-0.2, 0) is 14.4 Å². The lowest BCUT2D eigenvalue weighted by Crippen LogP contribution is -2.63. The number of nitrogens with one attached hydrogen (secondary N) is 2. The molecule has 0 radical (unpaired) electrons. The van der Waals surface area contributed by atoms with Crippen molar-refractivity contribution in [3.05, 3.63) is 0 Å². The first-order valence-corrected chi connectivity index (χ1v) is 8.24. The number of carbonyl (C=O) groups excluding carboxylic acids is 3. The van der Waals surface area contributed by atoms with Crippen LogP contribution in [0.5, 0.6) is 0 Å². The molecule has 3 unspecified atom stereocenters.